The summed E-state index contributed by atoms with van der Waals surface area (Å²) in [5.41, 5.74) is -1.18. The molecule has 11 rings (SSSR count). The molecular formula is C103H134N18O25S2. The van der Waals surface area contributed by atoms with E-state index in [9.17, 15) is 72.9 Å². The van der Waals surface area contributed by atoms with Gasteiger partial charge in [0.15, 0.2) is 0 Å². The van der Waals surface area contributed by atoms with Crippen molar-refractivity contribution in [2.75, 3.05) is 32.8 Å². The van der Waals surface area contributed by atoms with E-state index in [1.54, 1.807) is 82.9 Å². The van der Waals surface area contributed by atoms with E-state index in [4.69, 9.17) is 10.5 Å². The molecule has 1 saturated carbocycles. The summed E-state index contributed by atoms with van der Waals surface area (Å²) < 4.78 is 6.73. The number of carbonyl (C=O) groups excluding carboxylic acids is 18. The number of allylic oxidation sites excluding steroid dienone is 3. The van der Waals surface area contributed by atoms with Crippen LogP contribution in [-0.4, -0.2) is 271 Å². The number of aromatic carboxylic acids is 1. The van der Waals surface area contributed by atoms with E-state index in [0.29, 0.717) is 48.8 Å². The molecule has 3 bridgehead atoms. The Hall–Kier alpha value is -14.5. The number of nitrogens with zero attached hydrogens (tertiary/aromatic N) is 2. The van der Waals surface area contributed by atoms with E-state index in [0.717, 1.165) is 21.4 Å². The molecule has 7 heterocycles. The first-order chi connectivity index (χ1) is 70.5. The monoisotopic (exact) mass is 2090 g/mol. The van der Waals surface area contributed by atoms with Crippen molar-refractivity contribution >= 4 is 157 Å². The molecule has 148 heavy (non-hydrogen) atoms. The molecule has 2 aromatic heterocycles. The first kappa shape index (κ1) is 114. The number of likely N-dealkylation sites (tertiary alicyclic amines) is 1. The third-order valence-corrected chi connectivity index (χ3v) is 29.5. The van der Waals surface area contributed by atoms with Crippen molar-refractivity contribution in [3.05, 3.63) is 153 Å². The van der Waals surface area contributed by atoms with Crippen LogP contribution in [0, 0.1) is 5.92 Å². The van der Waals surface area contributed by atoms with Gasteiger partial charge >= 0.3 is 24.0 Å². The fourth-order valence-corrected chi connectivity index (χ4v) is 21.0. The highest BCUT2D eigenvalue weighted by Gasteiger charge is 2.53. The molecule has 20 N–H and O–H groups in total. The zero-order chi connectivity index (χ0) is 107. The van der Waals surface area contributed by atoms with Gasteiger partial charge in [-0.3, -0.25) is 91.1 Å². The zero-order valence-electron chi connectivity index (χ0n) is 83.5. The Labute approximate surface area is 863 Å². The number of fused-ring (bicyclic) bond motifs is 4. The third kappa shape index (κ3) is 31.5. The van der Waals surface area contributed by atoms with Crippen molar-refractivity contribution < 1.29 is 121 Å². The van der Waals surface area contributed by atoms with Crippen molar-refractivity contribution in [2.24, 2.45) is 11.7 Å². The minimum Gasteiger partial charge on any atom is -0.481 e. The second-order valence-corrected chi connectivity index (χ2v) is 41.0. The number of nitrogens with one attached hydrogen (secondary N) is 15. The predicted octanol–water partition coefficient (Wildman–Crippen LogP) is 2.88. The number of amides is 18. The van der Waals surface area contributed by atoms with Crippen LogP contribution in [-0.2, 0) is 122 Å². The molecule has 1 aliphatic carbocycles. The lowest BCUT2D eigenvalue weighted by Crippen LogP contribution is -2.67. The fraction of sp³-hybridized carbons (Fsp3) is 0.524. The highest BCUT2D eigenvalue weighted by molar-refractivity contribution is 7.17. The average molecular weight is 2090 g/mol. The molecule has 3 spiro atoms. The molecule has 43 nitrogen and oxygen atoms in total. The molecule has 5 aromatic rings. The Morgan fingerprint density at radius 2 is 1.09 bits per heavy atom. The molecule has 0 unspecified atom stereocenters. The summed E-state index contributed by atoms with van der Waals surface area (Å²) in [5.74, 6) is -21.8. The zero-order valence-corrected chi connectivity index (χ0v) is 85.1. The molecule has 5 aliphatic heterocycles. The molecule has 3 aromatic carbocycles. The number of hydrogen-bond acceptors (Lipinski definition) is 24. The third-order valence-electron chi connectivity index (χ3n) is 27.7. The number of thiophene rings is 2. The molecule has 0 radical (unpaired) electrons. The summed E-state index contributed by atoms with van der Waals surface area (Å²) in [7, 11) is 0. The lowest BCUT2D eigenvalue weighted by Gasteiger charge is -2.39. The average Bonchev–Trinajstić information content (AvgIpc) is 1.64. The van der Waals surface area contributed by atoms with Gasteiger partial charge in [-0.25, -0.2) is 9.59 Å². The first-order valence-electron chi connectivity index (χ1n) is 50.2. The lowest BCUT2D eigenvalue weighted by molar-refractivity contribution is -0.147. The predicted molar refractivity (Wildman–Crippen MR) is 540 cm³/mol. The minimum atomic E-state index is -2.22. The fourth-order valence-electron chi connectivity index (χ4n) is 19.3. The maximum absolute atomic E-state index is 16.2. The molecule has 14 atom stereocenters. The summed E-state index contributed by atoms with van der Waals surface area (Å²) in [6.45, 7) is 5.10. The Morgan fingerprint density at radius 3 is 1.77 bits per heavy atom. The van der Waals surface area contributed by atoms with E-state index in [2.05, 4.69) is 79.8 Å². The van der Waals surface area contributed by atoms with Crippen LogP contribution in [0.4, 0.5) is 4.79 Å². The summed E-state index contributed by atoms with van der Waals surface area (Å²) in [5, 5.41) is 77.6. The Morgan fingerprint density at radius 1 is 0.514 bits per heavy atom. The van der Waals surface area contributed by atoms with Crippen LogP contribution in [0.2, 0.25) is 0 Å². The Kier molecular flexibility index (Phi) is 40.9. The molecule has 798 valence electrons. The van der Waals surface area contributed by atoms with Gasteiger partial charge in [-0.1, -0.05) is 104 Å². The number of carboxylic acid groups (broad SMARTS) is 3. The maximum Gasteiger partial charge on any atom is 0.409 e. The second kappa shape index (κ2) is 53.2. The van der Waals surface area contributed by atoms with Gasteiger partial charge in [-0.05, 0) is 217 Å². The number of nitrogens with two attached hydrogens (primary N) is 1. The van der Waals surface area contributed by atoms with E-state index in [-0.39, 0.29) is 153 Å². The molecule has 6 aliphatic rings. The van der Waals surface area contributed by atoms with Crippen molar-refractivity contribution in [2.45, 2.75) is 303 Å². The molecule has 45 heteroatoms. The maximum atomic E-state index is 16.2. The molecular weight excluding hydrogens is 1950 g/mol. The Bertz CT molecular complexity index is 5770. The lowest BCUT2D eigenvalue weighted by atomic mass is 9.81. The van der Waals surface area contributed by atoms with E-state index in [1.165, 1.54) is 86.5 Å². The van der Waals surface area contributed by atoms with Crippen molar-refractivity contribution in [1.82, 2.24) is 89.6 Å². The van der Waals surface area contributed by atoms with Crippen LogP contribution >= 0.6 is 22.7 Å². The Balaban J connectivity index is 0.975. The van der Waals surface area contributed by atoms with Gasteiger partial charge < -0.3 is 115 Å². The molecule has 3 saturated heterocycles. The number of carbonyl (C=O) groups is 21. The van der Waals surface area contributed by atoms with Gasteiger partial charge in [0.05, 0.1) is 31.6 Å². The van der Waals surface area contributed by atoms with Crippen LogP contribution in [0.5, 0.6) is 0 Å². The first-order valence-corrected chi connectivity index (χ1v) is 52.0. The summed E-state index contributed by atoms with van der Waals surface area (Å²) in [6, 6.07) is 4.05. The van der Waals surface area contributed by atoms with Gasteiger partial charge in [0, 0.05) is 63.4 Å². The van der Waals surface area contributed by atoms with Crippen LogP contribution in [0.25, 0.3) is 10.1 Å². The van der Waals surface area contributed by atoms with Gasteiger partial charge in [-0.15, -0.1) is 11.3 Å². The van der Waals surface area contributed by atoms with Crippen molar-refractivity contribution in [3.63, 3.8) is 0 Å². The van der Waals surface area contributed by atoms with Gasteiger partial charge in [0.2, 0.25) is 100 Å². The number of carboxylic acids is 3. The highest BCUT2D eigenvalue weighted by atomic mass is 32.1. The summed E-state index contributed by atoms with van der Waals surface area (Å²) in [6.07, 6.45) is 3.81. The largest absolute Gasteiger partial charge is 0.481 e. The van der Waals surface area contributed by atoms with E-state index >= 15 is 43.2 Å². The van der Waals surface area contributed by atoms with Gasteiger partial charge in [-0.2, -0.15) is 11.3 Å². The normalized spacial score (nSPS) is 27.2. The smallest absolute Gasteiger partial charge is 0.409 e. The number of ether oxygens (including phenoxy) is 1. The number of aliphatic carboxylic acids is 2. The molecule has 18 amide bonds. The number of primary amides is 1. The molecule has 4 fully saturated rings. The van der Waals surface area contributed by atoms with Crippen LogP contribution < -0.4 is 85.5 Å². The van der Waals surface area contributed by atoms with Crippen LogP contribution in [0.1, 0.15) is 221 Å². The standard InChI is InChI=1S/C103H134N18O25S2/c1-60(83(104)128)106-85(130)71-37-38-79(123)105-45-24-20-35-70-91(136)118-102(97(143)113-73(53-65-39-49-147-57-65)87(132)112-75(88(133)109-71)54-68-58-148-78-36-19-18-34-69(68)78)44-47-120(59-102)99(145)146-48-25-11-7-6-8-21-40-101(41-22-9-10-23-42-103(43-27-46-121(103)62(3)122)98(144)115-77(56-81(126)127)90(135)116-82(93(138)119-101)66-31-16-13-17-32-66)96(142)114-76(55-80(124)125)89(134)111-74(52-64-30-26-33-67(50-64)94(139)140)92(137)117-100(4,5)95(141)107-61(2)84(129)110-72(86(131)108-70)51-63-28-14-12-15-29-63/h6-7,10,12,14-15,18-19,23,26,28-30,33-34,36,39,49-50,57-58,60-61,66,70-77,82H,8-9,11,13,16-17,20-22,24-25,27,31-32,35,37-38,40-48,51-56,59H2,1-5H3,(H2,104,128)(H,105,123)(H,106,130)(H,107,141)(H,108,131)(H,109,133)(H,110,129)(H,111,134)(H,112,132)(H,113,143)(H,114,142)(H,115,144)(H,116,135)(H,117,137)(H,118,136)(H,119,138)(H,124,125)(H,126,127)(H,139,140)/b7-6-,23-10-/t60-,61-,70-,71-,72-,73-,74-,75-,76-,77-,82-,101-,102-,103-/m0/s1. The number of rotatable bonds is 17. The highest BCUT2D eigenvalue weighted by Crippen LogP contribution is 2.37. The van der Waals surface area contributed by atoms with E-state index < -0.39 is 251 Å². The summed E-state index contributed by atoms with van der Waals surface area (Å²) >= 11 is 2.61. The van der Waals surface area contributed by atoms with Crippen molar-refractivity contribution in [1.29, 1.82) is 0 Å². The van der Waals surface area contributed by atoms with Crippen LogP contribution in [0.15, 0.2) is 125 Å². The van der Waals surface area contributed by atoms with Crippen LogP contribution in [0.3, 0.4) is 0 Å². The number of hydrogen-bond donors (Lipinski definition) is 19. The number of benzene rings is 3. The van der Waals surface area contributed by atoms with Gasteiger partial charge in [0.1, 0.15) is 88.6 Å². The topological polar surface area (TPSA) is 641 Å². The van der Waals surface area contributed by atoms with E-state index in [1.807, 2.05) is 18.2 Å². The van der Waals surface area contributed by atoms with Crippen molar-refractivity contribution in [3.8, 4) is 0 Å². The minimum absolute atomic E-state index is 0.0153. The van der Waals surface area contributed by atoms with Gasteiger partial charge in [0.25, 0.3) is 0 Å². The number of cyclic esters (lactones) is 1. The quantitative estimate of drug-likeness (QED) is 0.0595. The SMILES string of the molecule is CC(=O)N1CCC[C@]12C/C=C\CCC[C@]1(CCC/C=C\CCCOC(=O)N3CC[C@@]4(C3)NC(=O)[C@H](CCCCNC(=O)CC[C@@H](C(=O)N[C@@H](C)C(N)=O)NC(=O)[C@H](Cc3csc5ccccc35)NC(=O)[C@H](Cc3ccsc3)NC4=O)NC(=O)[C@H](Cc3ccccc3)NC(=O)[C@H](C)NC(=O)C(C)(C)NC(=O)[C@H](Cc3cccc(C(=O)O)c3)NC(=O)[C@H](CC(=O)O)NC1=O)NC(=O)[C@H](C1CCCCC1)NC(=O)[C@H](CC(=O)O)NC2=O. The summed E-state index contributed by atoms with van der Waals surface area (Å²) in [4.78, 5) is 310. The second-order valence-electron chi connectivity index (χ2n) is 39.3.